The van der Waals surface area contributed by atoms with Gasteiger partial charge < -0.3 is 23.7 Å². The number of imidazole rings is 1. The normalized spacial score (nSPS) is 18.1. The van der Waals surface area contributed by atoms with E-state index in [1.165, 1.54) is 11.3 Å². The van der Waals surface area contributed by atoms with Gasteiger partial charge in [0, 0.05) is 35.2 Å². The van der Waals surface area contributed by atoms with Crippen molar-refractivity contribution in [3.05, 3.63) is 65.3 Å². The Morgan fingerprint density at radius 1 is 1.05 bits per heavy atom. The van der Waals surface area contributed by atoms with Crippen LogP contribution < -0.4 is 14.2 Å². The minimum atomic E-state index is -0.601. The Balaban J connectivity index is 1.08. The molecule has 0 saturated carbocycles. The van der Waals surface area contributed by atoms with Crippen LogP contribution in [0, 0.1) is 0 Å². The summed E-state index contributed by atoms with van der Waals surface area (Å²) < 4.78 is 24.8. The van der Waals surface area contributed by atoms with Crippen LogP contribution in [0.5, 0.6) is 16.7 Å². The zero-order valence-corrected chi connectivity index (χ0v) is 25.8. The fourth-order valence-electron chi connectivity index (χ4n) is 5.65. The Morgan fingerprint density at radius 2 is 1.84 bits per heavy atom. The molecule has 222 valence electrons. The Bertz CT molecular complexity index is 1850. The van der Waals surface area contributed by atoms with E-state index < -0.39 is 6.23 Å². The van der Waals surface area contributed by atoms with Crippen LogP contribution in [0.25, 0.3) is 38.0 Å². The summed E-state index contributed by atoms with van der Waals surface area (Å²) in [5.74, 6) is 1.85. The molecular formula is C31H31N5O5S2. The molecule has 5 heterocycles. The lowest BCUT2D eigenvalue weighted by atomic mass is 10.1. The van der Waals surface area contributed by atoms with Gasteiger partial charge in [-0.1, -0.05) is 24.3 Å². The molecule has 3 atom stereocenters. The Morgan fingerprint density at radius 3 is 2.56 bits per heavy atom. The van der Waals surface area contributed by atoms with Crippen LogP contribution in [0.1, 0.15) is 44.2 Å². The third-order valence-corrected chi connectivity index (χ3v) is 9.77. The van der Waals surface area contributed by atoms with Crippen molar-refractivity contribution < 1.29 is 23.7 Å². The van der Waals surface area contributed by atoms with Crippen molar-refractivity contribution in [2.45, 2.75) is 51.6 Å². The first kappa shape index (κ1) is 27.8. The van der Waals surface area contributed by atoms with E-state index in [0.29, 0.717) is 50.8 Å². The Labute approximate surface area is 256 Å². The number of fused-ring (bicyclic) bond motifs is 2. The first-order valence-electron chi connectivity index (χ1n) is 14.1. The fraction of sp³-hybridized carbons (Fsp3) is 0.323. The van der Waals surface area contributed by atoms with Gasteiger partial charge >= 0.3 is 0 Å². The maximum absolute atomic E-state index is 11.0. The Hall–Kier alpha value is -3.97. The molecule has 1 fully saturated rings. The van der Waals surface area contributed by atoms with E-state index in [2.05, 4.69) is 28.8 Å². The smallest absolute Gasteiger partial charge is 0.294 e. The molecule has 3 unspecified atom stereocenters. The van der Waals surface area contributed by atoms with Gasteiger partial charge in [-0.3, -0.25) is 4.90 Å². The molecule has 10 nitrogen and oxygen atoms in total. The third kappa shape index (κ3) is 5.24. The summed E-state index contributed by atoms with van der Waals surface area (Å²) in [7, 11) is 3.19. The molecule has 0 amide bonds. The zero-order chi connectivity index (χ0) is 29.7. The topological polar surface area (TPSA) is 107 Å². The van der Waals surface area contributed by atoms with Gasteiger partial charge in [0.2, 0.25) is 4.96 Å². The van der Waals surface area contributed by atoms with Gasteiger partial charge in [-0.15, -0.1) is 16.4 Å². The number of hydrogen-bond acceptors (Lipinski definition) is 11. The van der Waals surface area contributed by atoms with Crippen LogP contribution in [-0.4, -0.2) is 55.9 Å². The molecule has 43 heavy (non-hydrogen) atoms. The lowest BCUT2D eigenvalue weighted by molar-refractivity contribution is -0.0243. The van der Waals surface area contributed by atoms with Gasteiger partial charge in [-0.05, 0) is 49.7 Å². The van der Waals surface area contributed by atoms with Gasteiger partial charge in [0.25, 0.3) is 5.19 Å². The SMILES string of the molecule is COc1cc(OCc2csc(-c3ccc(C(O)N4C(C)CCC4C)cc3)n2)c2cc(-c3cn4nc(OC)sc4n3)oc2c1. The van der Waals surface area contributed by atoms with E-state index >= 15 is 0 Å². The minimum Gasteiger partial charge on any atom is -0.496 e. The standard InChI is InChI=1S/C31H31N5O5S2/c1-17-5-6-18(2)36(17)29(37)20-9-7-19(8-10-20)28-32-21(16-42-28)15-40-25-11-22(38-3)12-26-23(25)13-27(41-26)24-14-35-30(33-24)43-31(34-35)39-4/h7-14,16-18,29,37H,5-6,15H2,1-4H3. The molecule has 1 aliphatic rings. The van der Waals surface area contributed by atoms with E-state index in [1.54, 1.807) is 36.3 Å². The number of aliphatic hydroxyl groups is 1. The summed E-state index contributed by atoms with van der Waals surface area (Å²) in [6.45, 7) is 4.64. The van der Waals surface area contributed by atoms with Crippen molar-refractivity contribution in [3.63, 3.8) is 0 Å². The molecule has 1 aliphatic heterocycles. The number of methoxy groups -OCH3 is 2. The molecule has 0 spiro atoms. The molecule has 0 radical (unpaired) electrons. The molecule has 0 aliphatic carbocycles. The highest BCUT2D eigenvalue weighted by Gasteiger charge is 2.33. The van der Waals surface area contributed by atoms with Crippen molar-refractivity contribution in [1.29, 1.82) is 0 Å². The Kier molecular flexibility index (Phi) is 7.29. The summed E-state index contributed by atoms with van der Waals surface area (Å²) in [4.78, 5) is 12.4. The molecule has 0 bridgehead atoms. The molecule has 1 saturated heterocycles. The van der Waals surface area contributed by atoms with Crippen LogP contribution in [0.3, 0.4) is 0 Å². The van der Waals surface area contributed by atoms with E-state index in [0.717, 1.165) is 40.1 Å². The molecule has 2 aromatic carbocycles. The largest absolute Gasteiger partial charge is 0.496 e. The van der Waals surface area contributed by atoms with Crippen molar-refractivity contribution in [2.24, 2.45) is 0 Å². The second-order valence-electron chi connectivity index (χ2n) is 10.7. The summed E-state index contributed by atoms with van der Waals surface area (Å²) >= 11 is 2.92. The average Bonchev–Trinajstić information content (AvgIpc) is 3.84. The van der Waals surface area contributed by atoms with Gasteiger partial charge in [0.1, 0.15) is 40.6 Å². The van der Waals surface area contributed by atoms with Crippen LogP contribution in [0.4, 0.5) is 0 Å². The number of hydrogen-bond donors (Lipinski definition) is 1. The van der Waals surface area contributed by atoms with Crippen molar-refractivity contribution >= 4 is 38.6 Å². The molecule has 1 N–H and O–H groups in total. The second kappa shape index (κ2) is 11.3. The number of furan rings is 1. The molecular weight excluding hydrogens is 587 g/mol. The van der Waals surface area contributed by atoms with Gasteiger partial charge in [-0.2, -0.15) is 0 Å². The molecule has 6 aromatic rings. The highest BCUT2D eigenvalue weighted by atomic mass is 32.1. The number of likely N-dealkylation sites (tertiary alicyclic amines) is 1. The van der Waals surface area contributed by atoms with Crippen molar-refractivity contribution in [2.75, 3.05) is 14.2 Å². The highest BCUT2D eigenvalue weighted by molar-refractivity contribution is 7.18. The summed E-state index contributed by atoms with van der Waals surface area (Å²) in [5, 5.41) is 19.6. The van der Waals surface area contributed by atoms with Crippen LogP contribution in [0.15, 0.2) is 58.5 Å². The van der Waals surface area contributed by atoms with Crippen molar-refractivity contribution in [1.82, 2.24) is 24.5 Å². The number of rotatable bonds is 9. The fourth-order valence-corrected chi connectivity index (χ4v) is 7.16. The molecule has 12 heteroatoms. The van der Waals surface area contributed by atoms with Crippen molar-refractivity contribution in [3.8, 4) is 38.7 Å². The number of aliphatic hydroxyl groups excluding tert-OH is 1. The van der Waals surface area contributed by atoms with E-state index in [1.807, 2.05) is 47.8 Å². The minimum absolute atomic E-state index is 0.282. The zero-order valence-electron chi connectivity index (χ0n) is 24.2. The third-order valence-electron chi connectivity index (χ3n) is 7.95. The lowest BCUT2D eigenvalue weighted by Crippen LogP contribution is -2.36. The first-order chi connectivity index (χ1) is 20.9. The number of nitrogens with zero attached hydrogens (tertiary/aromatic N) is 5. The quantitative estimate of drug-likeness (QED) is 0.188. The predicted molar refractivity (Wildman–Crippen MR) is 166 cm³/mol. The van der Waals surface area contributed by atoms with E-state index in [-0.39, 0.29) is 6.61 Å². The maximum atomic E-state index is 11.0. The van der Waals surface area contributed by atoms with Crippen LogP contribution in [0.2, 0.25) is 0 Å². The summed E-state index contributed by atoms with van der Waals surface area (Å²) in [6, 6.07) is 14.4. The van der Waals surface area contributed by atoms with E-state index in [4.69, 9.17) is 23.6 Å². The number of aromatic nitrogens is 4. The number of benzene rings is 2. The lowest BCUT2D eigenvalue weighted by Gasteiger charge is -2.31. The molecule has 4 aromatic heterocycles. The predicted octanol–water partition coefficient (Wildman–Crippen LogP) is 6.79. The van der Waals surface area contributed by atoms with Crippen LogP contribution >= 0.6 is 22.7 Å². The van der Waals surface area contributed by atoms with Crippen LogP contribution in [-0.2, 0) is 6.61 Å². The average molecular weight is 618 g/mol. The second-order valence-corrected chi connectivity index (χ2v) is 12.5. The first-order valence-corrected chi connectivity index (χ1v) is 15.7. The maximum Gasteiger partial charge on any atom is 0.294 e. The summed E-state index contributed by atoms with van der Waals surface area (Å²) in [5.41, 5.74) is 4.01. The number of ether oxygens (including phenoxy) is 3. The molecule has 7 rings (SSSR count). The number of thiazole rings is 1. The summed E-state index contributed by atoms with van der Waals surface area (Å²) in [6.07, 6.45) is 3.43. The van der Waals surface area contributed by atoms with Gasteiger partial charge in [0.15, 0.2) is 5.76 Å². The monoisotopic (exact) mass is 617 g/mol. The van der Waals surface area contributed by atoms with Gasteiger partial charge in [-0.25, -0.2) is 14.5 Å². The van der Waals surface area contributed by atoms with E-state index in [9.17, 15) is 5.11 Å². The highest BCUT2D eigenvalue weighted by Crippen LogP contribution is 2.38. The van der Waals surface area contributed by atoms with Gasteiger partial charge in [0.05, 0.1) is 31.5 Å².